The Morgan fingerprint density at radius 2 is 1.79 bits per heavy atom. The third-order valence-electron chi connectivity index (χ3n) is 5.72. The van der Waals surface area contributed by atoms with Crippen LogP contribution in [-0.2, 0) is 10.9 Å². The normalized spacial score (nSPS) is 20.5. The summed E-state index contributed by atoms with van der Waals surface area (Å²) in [6, 6.07) is 6.87. The van der Waals surface area contributed by atoms with E-state index >= 15 is 0 Å². The van der Waals surface area contributed by atoms with E-state index in [0.29, 0.717) is 25.3 Å². The Balaban J connectivity index is 1.50. The zero-order valence-corrected chi connectivity index (χ0v) is 18.3. The number of hydrogen-bond donors (Lipinski definition) is 1. The van der Waals surface area contributed by atoms with Crippen molar-refractivity contribution in [1.82, 2.24) is 25.2 Å². The van der Waals surface area contributed by atoms with Crippen LogP contribution in [-0.4, -0.2) is 70.5 Å². The lowest BCUT2D eigenvalue weighted by molar-refractivity contribution is -0.145. The molecule has 2 aliphatic rings. The number of hydrazone groups is 1. The third kappa shape index (κ3) is 5.31. The fourth-order valence-corrected chi connectivity index (χ4v) is 3.82. The van der Waals surface area contributed by atoms with Crippen molar-refractivity contribution in [2.75, 3.05) is 32.8 Å². The second kappa shape index (κ2) is 9.44. The molecule has 2 aliphatic heterocycles. The van der Waals surface area contributed by atoms with Crippen LogP contribution in [0.1, 0.15) is 35.5 Å². The van der Waals surface area contributed by atoms with E-state index in [4.69, 9.17) is 4.74 Å². The standard InChI is InChI=1S/C22H25F3N6O2/c1-14-3-5-16(6-4-14)19-18(30-7-9-33-10-8-30)13-31(29-19)21(32)28-15(2)17-11-26-20(27-12-17)22(23,24)25/h3-6,11-12,15,18H,7-10,13H2,1-2H3,(H,28,32)/t15-,18?/m1/s1. The molecule has 176 valence electrons. The molecule has 2 amide bonds. The molecular weight excluding hydrogens is 437 g/mol. The highest BCUT2D eigenvalue weighted by atomic mass is 19.4. The first-order valence-corrected chi connectivity index (χ1v) is 10.7. The Morgan fingerprint density at radius 3 is 2.39 bits per heavy atom. The number of carbonyl (C=O) groups excluding carboxylic acids is 1. The fraction of sp³-hybridized carbons (Fsp3) is 0.455. The highest BCUT2D eigenvalue weighted by molar-refractivity contribution is 6.06. The Kier molecular flexibility index (Phi) is 6.61. The number of alkyl halides is 3. The number of amides is 2. The van der Waals surface area contributed by atoms with Crippen molar-refractivity contribution in [2.24, 2.45) is 5.10 Å². The van der Waals surface area contributed by atoms with E-state index in [9.17, 15) is 18.0 Å². The van der Waals surface area contributed by atoms with E-state index in [0.717, 1.165) is 42.3 Å². The minimum Gasteiger partial charge on any atom is -0.379 e. The first kappa shape index (κ1) is 23.1. The van der Waals surface area contributed by atoms with Crippen molar-refractivity contribution in [2.45, 2.75) is 32.1 Å². The molecule has 0 bridgehead atoms. The van der Waals surface area contributed by atoms with Gasteiger partial charge in [-0.15, -0.1) is 0 Å². The van der Waals surface area contributed by atoms with Gasteiger partial charge < -0.3 is 10.1 Å². The molecule has 0 radical (unpaired) electrons. The van der Waals surface area contributed by atoms with Crippen molar-refractivity contribution < 1.29 is 22.7 Å². The average molecular weight is 462 g/mol. The van der Waals surface area contributed by atoms with Crippen LogP contribution in [0.2, 0.25) is 0 Å². The number of morpholine rings is 1. The van der Waals surface area contributed by atoms with Gasteiger partial charge >= 0.3 is 12.2 Å². The van der Waals surface area contributed by atoms with Gasteiger partial charge in [0.1, 0.15) is 0 Å². The zero-order valence-electron chi connectivity index (χ0n) is 18.3. The van der Waals surface area contributed by atoms with Gasteiger partial charge in [-0.05, 0) is 19.4 Å². The largest absolute Gasteiger partial charge is 0.451 e. The van der Waals surface area contributed by atoms with Crippen molar-refractivity contribution in [1.29, 1.82) is 0 Å². The number of ether oxygens (including phenoxy) is 1. The molecule has 1 unspecified atom stereocenters. The van der Waals surface area contributed by atoms with Gasteiger partial charge in [0.25, 0.3) is 0 Å². The second-order valence-corrected chi connectivity index (χ2v) is 8.11. The lowest BCUT2D eigenvalue weighted by Gasteiger charge is -2.32. The van der Waals surface area contributed by atoms with Gasteiger partial charge in [-0.1, -0.05) is 29.8 Å². The van der Waals surface area contributed by atoms with Gasteiger partial charge in [0, 0.05) is 31.0 Å². The molecule has 3 heterocycles. The summed E-state index contributed by atoms with van der Waals surface area (Å²) in [6.07, 6.45) is -2.47. The van der Waals surface area contributed by atoms with Crippen LogP contribution in [0, 0.1) is 6.92 Å². The molecule has 2 atom stereocenters. The van der Waals surface area contributed by atoms with E-state index in [1.807, 2.05) is 31.2 Å². The van der Waals surface area contributed by atoms with E-state index in [1.54, 1.807) is 6.92 Å². The fourth-order valence-electron chi connectivity index (χ4n) is 3.82. The van der Waals surface area contributed by atoms with Crippen LogP contribution >= 0.6 is 0 Å². The van der Waals surface area contributed by atoms with E-state index in [1.165, 1.54) is 5.01 Å². The minimum atomic E-state index is -4.61. The molecule has 0 aliphatic carbocycles. The van der Waals surface area contributed by atoms with Crippen LogP contribution in [0.4, 0.5) is 18.0 Å². The van der Waals surface area contributed by atoms with Crippen LogP contribution in [0.25, 0.3) is 0 Å². The molecule has 11 heteroatoms. The molecule has 1 fully saturated rings. The first-order valence-electron chi connectivity index (χ1n) is 10.7. The maximum atomic E-state index is 13.0. The van der Waals surface area contributed by atoms with E-state index in [2.05, 4.69) is 25.3 Å². The number of rotatable bonds is 4. The average Bonchev–Trinajstić information content (AvgIpc) is 3.25. The van der Waals surface area contributed by atoms with Crippen molar-refractivity contribution in [3.05, 3.63) is 59.2 Å². The molecule has 33 heavy (non-hydrogen) atoms. The van der Waals surface area contributed by atoms with Gasteiger partial charge in [0.2, 0.25) is 5.82 Å². The smallest absolute Gasteiger partial charge is 0.379 e. The highest BCUT2D eigenvalue weighted by Crippen LogP contribution is 2.26. The predicted octanol–water partition coefficient (Wildman–Crippen LogP) is 3.00. The van der Waals surface area contributed by atoms with Crippen LogP contribution in [0.5, 0.6) is 0 Å². The number of urea groups is 1. The molecule has 1 aromatic heterocycles. The Morgan fingerprint density at radius 1 is 1.15 bits per heavy atom. The number of benzene rings is 1. The van der Waals surface area contributed by atoms with Crippen molar-refractivity contribution in [3.8, 4) is 0 Å². The van der Waals surface area contributed by atoms with Crippen LogP contribution < -0.4 is 5.32 Å². The Bertz CT molecular complexity index is 1000. The summed E-state index contributed by atoms with van der Waals surface area (Å²) in [5, 5.41) is 8.76. The summed E-state index contributed by atoms with van der Waals surface area (Å²) in [5.41, 5.74) is 3.24. The molecule has 0 spiro atoms. The van der Waals surface area contributed by atoms with Gasteiger partial charge in [0.15, 0.2) is 0 Å². The van der Waals surface area contributed by atoms with E-state index in [-0.39, 0.29) is 6.04 Å². The SMILES string of the molecule is Cc1ccc(C2=NN(C(=O)N[C@H](C)c3cnc(C(F)(F)F)nc3)CC2N2CCOCC2)cc1. The van der Waals surface area contributed by atoms with Gasteiger partial charge in [-0.3, -0.25) is 4.90 Å². The third-order valence-corrected chi connectivity index (χ3v) is 5.72. The van der Waals surface area contributed by atoms with Gasteiger partial charge in [-0.2, -0.15) is 18.3 Å². The molecule has 4 rings (SSSR count). The lowest BCUT2D eigenvalue weighted by atomic mass is 10.0. The number of aryl methyl sites for hydroxylation is 1. The minimum absolute atomic E-state index is 0.0768. The number of halogens is 3. The zero-order chi connectivity index (χ0) is 23.6. The first-order chi connectivity index (χ1) is 15.7. The summed E-state index contributed by atoms with van der Waals surface area (Å²) < 4.78 is 43.6. The molecule has 1 aromatic carbocycles. The van der Waals surface area contributed by atoms with Gasteiger partial charge in [-0.25, -0.2) is 19.8 Å². The second-order valence-electron chi connectivity index (χ2n) is 8.11. The summed E-state index contributed by atoms with van der Waals surface area (Å²) in [5.74, 6) is -1.22. The molecule has 1 N–H and O–H groups in total. The molecule has 8 nitrogen and oxygen atoms in total. The van der Waals surface area contributed by atoms with Crippen LogP contribution in [0.15, 0.2) is 41.8 Å². The quantitative estimate of drug-likeness (QED) is 0.756. The number of nitrogens with zero attached hydrogens (tertiary/aromatic N) is 5. The lowest BCUT2D eigenvalue weighted by Crippen LogP contribution is -2.49. The topological polar surface area (TPSA) is 83.0 Å². The van der Waals surface area contributed by atoms with Crippen molar-refractivity contribution >= 4 is 11.7 Å². The summed E-state index contributed by atoms with van der Waals surface area (Å²) in [6.45, 7) is 6.75. The number of nitrogens with one attached hydrogen (secondary N) is 1. The molecule has 1 saturated heterocycles. The summed E-state index contributed by atoms with van der Waals surface area (Å²) >= 11 is 0. The number of hydrogen-bond acceptors (Lipinski definition) is 6. The number of aromatic nitrogens is 2. The summed E-state index contributed by atoms with van der Waals surface area (Å²) in [4.78, 5) is 21.9. The maximum absolute atomic E-state index is 13.0. The Hall–Kier alpha value is -3.05. The molecule has 2 aromatic rings. The highest BCUT2D eigenvalue weighted by Gasteiger charge is 2.37. The van der Waals surface area contributed by atoms with Crippen molar-refractivity contribution in [3.63, 3.8) is 0 Å². The molecule has 0 saturated carbocycles. The molecular formula is C22H25F3N6O2. The van der Waals surface area contributed by atoms with Gasteiger partial charge in [0.05, 0.1) is 37.6 Å². The summed E-state index contributed by atoms with van der Waals surface area (Å²) in [7, 11) is 0. The maximum Gasteiger partial charge on any atom is 0.451 e. The Labute approximate surface area is 189 Å². The van der Waals surface area contributed by atoms with Crippen LogP contribution in [0.3, 0.4) is 0 Å². The monoisotopic (exact) mass is 462 g/mol. The number of carbonyl (C=O) groups is 1. The predicted molar refractivity (Wildman–Crippen MR) is 115 cm³/mol. The van der Waals surface area contributed by atoms with E-state index < -0.39 is 24.1 Å².